The lowest BCUT2D eigenvalue weighted by Gasteiger charge is -2.37. The molecule has 4 aromatic rings. The van der Waals surface area contributed by atoms with Gasteiger partial charge in [-0.2, -0.15) is 18.2 Å². The smallest absolute Gasteiger partial charge is 0.416 e. The molecule has 1 aliphatic heterocycles. The zero-order valence-corrected chi connectivity index (χ0v) is 23.3. The summed E-state index contributed by atoms with van der Waals surface area (Å²) in [7, 11) is 0. The van der Waals surface area contributed by atoms with Gasteiger partial charge in [-0.25, -0.2) is 14.8 Å². The number of piperidine rings is 1. The van der Waals surface area contributed by atoms with E-state index < -0.39 is 17.7 Å². The molecule has 2 N–H and O–H groups in total. The second-order valence-corrected chi connectivity index (χ2v) is 11.3. The molecule has 6 rings (SSSR count). The number of carbonyl (C=O) groups is 1. The molecular formula is C31H33F3N6O2. The Morgan fingerprint density at radius 1 is 1.00 bits per heavy atom. The lowest BCUT2D eigenvalue weighted by molar-refractivity contribution is -0.137. The number of imidazole rings is 1. The van der Waals surface area contributed by atoms with Gasteiger partial charge in [0, 0.05) is 12.6 Å². The maximum absolute atomic E-state index is 13.3. The number of hydrogen-bond acceptors (Lipinski definition) is 6. The SMILES string of the molecule is C[C@@H](Nc1nc(C(=O)O)nc2nc(N3CCCCC3c3ccccc3)n(Cc3ccc(C(F)(F)F)cc3)c12)C1CCC1. The Bertz CT molecular complexity index is 1570. The first-order valence-corrected chi connectivity index (χ1v) is 14.4. The first-order chi connectivity index (χ1) is 20.2. The van der Waals surface area contributed by atoms with Crippen molar-refractivity contribution in [1.29, 1.82) is 0 Å². The Labute approximate surface area is 241 Å². The second-order valence-electron chi connectivity index (χ2n) is 11.3. The number of rotatable bonds is 8. The van der Waals surface area contributed by atoms with Gasteiger partial charge in [-0.15, -0.1) is 0 Å². The number of aromatic carboxylic acids is 1. The van der Waals surface area contributed by atoms with Gasteiger partial charge in [-0.05, 0) is 68.2 Å². The zero-order valence-electron chi connectivity index (χ0n) is 23.3. The van der Waals surface area contributed by atoms with Crippen molar-refractivity contribution in [3.63, 3.8) is 0 Å². The zero-order chi connectivity index (χ0) is 29.4. The minimum atomic E-state index is -4.43. The lowest BCUT2D eigenvalue weighted by Crippen LogP contribution is -2.35. The summed E-state index contributed by atoms with van der Waals surface area (Å²) in [5.74, 6) is -0.200. The number of carboxylic acid groups (broad SMARTS) is 1. The average molecular weight is 579 g/mol. The van der Waals surface area contributed by atoms with Crippen LogP contribution in [0.2, 0.25) is 0 Å². The van der Waals surface area contributed by atoms with Gasteiger partial charge in [0.2, 0.25) is 11.8 Å². The third kappa shape index (κ3) is 5.52. The van der Waals surface area contributed by atoms with Gasteiger partial charge in [-0.3, -0.25) is 0 Å². The van der Waals surface area contributed by atoms with Gasteiger partial charge < -0.3 is 19.9 Å². The first kappa shape index (κ1) is 28.0. The molecule has 1 saturated carbocycles. The van der Waals surface area contributed by atoms with Crippen LogP contribution in [0.5, 0.6) is 0 Å². The summed E-state index contributed by atoms with van der Waals surface area (Å²) in [5.41, 5.74) is 1.86. The molecule has 2 aliphatic rings. The summed E-state index contributed by atoms with van der Waals surface area (Å²) in [4.78, 5) is 27.9. The topological polar surface area (TPSA) is 96.2 Å². The number of alkyl halides is 3. The van der Waals surface area contributed by atoms with E-state index in [0.29, 0.717) is 28.8 Å². The van der Waals surface area contributed by atoms with Crippen LogP contribution in [0, 0.1) is 5.92 Å². The molecule has 2 atom stereocenters. The summed E-state index contributed by atoms with van der Waals surface area (Å²) < 4.78 is 41.8. The molecule has 42 heavy (non-hydrogen) atoms. The molecule has 8 nitrogen and oxygen atoms in total. The van der Waals surface area contributed by atoms with Crippen LogP contribution in [-0.2, 0) is 12.7 Å². The van der Waals surface area contributed by atoms with E-state index in [1.807, 2.05) is 22.8 Å². The van der Waals surface area contributed by atoms with E-state index in [9.17, 15) is 23.1 Å². The van der Waals surface area contributed by atoms with Crippen LogP contribution in [0.4, 0.5) is 24.9 Å². The highest BCUT2D eigenvalue weighted by Gasteiger charge is 2.33. The maximum Gasteiger partial charge on any atom is 0.416 e. The predicted molar refractivity (Wildman–Crippen MR) is 154 cm³/mol. The molecule has 220 valence electrons. The summed E-state index contributed by atoms with van der Waals surface area (Å²) in [6, 6.07) is 15.3. The largest absolute Gasteiger partial charge is 0.475 e. The molecule has 2 aromatic carbocycles. The number of nitrogens with one attached hydrogen (secondary N) is 1. The molecule has 1 aliphatic carbocycles. The van der Waals surface area contributed by atoms with Crippen molar-refractivity contribution in [2.45, 2.75) is 70.3 Å². The Balaban J connectivity index is 1.51. The van der Waals surface area contributed by atoms with E-state index >= 15 is 0 Å². The fourth-order valence-electron chi connectivity index (χ4n) is 6.04. The summed E-state index contributed by atoms with van der Waals surface area (Å²) in [6.07, 6.45) is 1.78. The number of halogens is 3. The second kappa shape index (κ2) is 11.3. The minimum absolute atomic E-state index is 0.0281. The number of carboxylic acids is 1. The third-order valence-corrected chi connectivity index (χ3v) is 8.56. The van der Waals surface area contributed by atoms with Crippen LogP contribution in [0.3, 0.4) is 0 Å². The first-order valence-electron chi connectivity index (χ1n) is 14.4. The van der Waals surface area contributed by atoms with Crippen LogP contribution >= 0.6 is 0 Å². The van der Waals surface area contributed by atoms with Crippen molar-refractivity contribution in [1.82, 2.24) is 19.5 Å². The summed E-state index contributed by atoms with van der Waals surface area (Å²) in [6.45, 7) is 2.99. The van der Waals surface area contributed by atoms with Gasteiger partial charge in [0.25, 0.3) is 0 Å². The van der Waals surface area contributed by atoms with E-state index in [-0.39, 0.29) is 30.1 Å². The molecule has 3 heterocycles. The van der Waals surface area contributed by atoms with E-state index in [1.54, 1.807) is 0 Å². The Morgan fingerprint density at radius 3 is 2.38 bits per heavy atom. The monoisotopic (exact) mass is 578 g/mol. The van der Waals surface area contributed by atoms with Crippen LogP contribution in [0.1, 0.15) is 78.8 Å². The molecular weight excluding hydrogens is 545 g/mol. The fourth-order valence-corrected chi connectivity index (χ4v) is 6.04. The highest BCUT2D eigenvalue weighted by molar-refractivity contribution is 5.92. The van der Waals surface area contributed by atoms with E-state index in [2.05, 4.69) is 39.2 Å². The molecule has 0 amide bonds. The van der Waals surface area contributed by atoms with E-state index in [4.69, 9.17) is 4.98 Å². The van der Waals surface area contributed by atoms with Crippen molar-refractivity contribution < 1.29 is 23.1 Å². The average Bonchev–Trinajstić information content (AvgIpc) is 3.30. The van der Waals surface area contributed by atoms with Crippen molar-refractivity contribution in [2.75, 3.05) is 16.8 Å². The number of anilines is 2. The third-order valence-electron chi connectivity index (χ3n) is 8.56. The van der Waals surface area contributed by atoms with Crippen LogP contribution in [-0.4, -0.2) is 43.2 Å². The lowest BCUT2D eigenvalue weighted by atomic mass is 9.80. The van der Waals surface area contributed by atoms with Gasteiger partial charge in [0.1, 0.15) is 5.52 Å². The quantitative estimate of drug-likeness (QED) is 0.234. The normalized spacial score (nSPS) is 18.6. The number of aromatic nitrogens is 4. The van der Waals surface area contributed by atoms with Gasteiger partial charge in [0.15, 0.2) is 11.5 Å². The molecule has 11 heteroatoms. The molecule has 2 fully saturated rings. The maximum atomic E-state index is 13.3. The predicted octanol–water partition coefficient (Wildman–Crippen LogP) is 6.92. The van der Waals surface area contributed by atoms with Crippen LogP contribution in [0.25, 0.3) is 11.2 Å². The van der Waals surface area contributed by atoms with E-state index in [0.717, 1.165) is 62.8 Å². The molecule has 1 saturated heterocycles. The molecule has 0 spiro atoms. The molecule has 2 aromatic heterocycles. The number of nitrogens with zero attached hydrogens (tertiary/aromatic N) is 5. The number of hydrogen-bond donors (Lipinski definition) is 2. The molecule has 1 unspecified atom stereocenters. The number of fused-ring (bicyclic) bond motifs is 1. The molecule has 0 radical (unpaired) electrons. The number of benzene rings is 2. The standard InChI is InChI=1S/C31H33F3N6O2/c1-19(21-10-7-11-21)35-26-25-27(37-28(36-26)29(41)42)38-30(39-17-6-5-12-24(39)22-8-3-2-4-9-22)40(25)18-20-13-15-23(16-14-20)31(32,33)34/h2-4,8-9,13-16,19,21,24H,5-7,10-12,17-18H2,1H3,(H,41,42)(H,35,36,37)/t19-,24?/m1/s1. The van der Waals surface area contributed by atoms with Gasteiger partial charge in [-0.1, -0.05) is 48.9 Å². The fraction of sp³-hybridized carbons (Fsp3) is 0.419. The summed E-state index contributed by atoms with van der Waals surface area (Å²) >= 11 is 0. The van der Waals surface area contributed by atoms with Crippen molar-refractivity contribution in [3.8, 4) is 0 Å². The molecule has 0 bridgehead atoms. The van der Waals surface area contributed by atoms with E-state index in [1.165, 1.54) is 12.1 Å². The minimum Gasteiger partial charge on any atom is -0.475 e. The Morgan fingerprint density at radius 2 is 1.74 bits per heavy atom. The highest BCUT2D eigenvalue weighted by Crippen LogP contribution is 2.39. The highest BCUT2D eigenvalue weighted by atomic mass is 19.4. The Hall–Kier alpha value is -4.15. The van der Waals surface area contributed by atoms with Gasteiger partial charge >= 0.3 is 12.1 Å². The van der Waals surface area contributed by atoms with Gasteiger partial charge in [0.05, 0.1) is 18.2 Å². The Kier molecular flexibility index (Phi) is 7.51. The van der Waals surface area contributed by atoms with Crippen LogP contribution < -0.4 is 10.2 Å². The summed E-state index contributed by atoms with van der Waals surface area (Å²) in [5, 5.41) is 13.3. The van der Waals surface area contributed by atoms with Crippen LogP contribution in [0.15, 0.2) is 54.6 Å². The van der Waals surface area contributed by atoms with Crippen molar-refractivity contribution in [3.05, 3.63) is 77.1 Å². The van der Waals surface area contributed by atoms with Crippen molar-refractivity contribution in [2.24, 2.45) is 5.92 Å². The van der Waals surface area contributed by atoms with Crippen molar-refractivity contribution >= 4 is 28.9 Å².